The van der Waals surface area contributed by atoms with Gasteiger partial charge in [-0.2, -0.15) is 4.98 Å². The summed E-state index contributed by atoms with van der Waals surface area (Å²) in [5.74, 6) is 1.91. The molecule has 0 radical (unpaired) electrons. The summed E-state index contributed by atoms with van der Waals surface area (Å²) < 4.78 is 5.14. The first-order chi connectivity index (χ1) is 12.6. The van der Waals surface area contributed by atoms with E-state index >= 15 is 0 Å². The van der Waals surface area contributed by atoms with Crippen molar-refractivity contribution in [1.29, 1.82) is 0 Å². The van der Waals surface area contributed by atoms with Crippen LogP contribution in [0.1, 0.15) is 17.2 Å². The standard InChI is InChI=1S/C20H22N4O2/c1-14-4-3-5-15(12-14)18(25)13-22-19-10-11-21-20(24-19)23-16-6-8-17(26-2)9-7-16/h3-12,18,25H,13H2,1-2H3,(H2,21,22,23,24). The van der Waals surface area contributed by atoms with Gasteiger partial charge in [0.2, 0.25) is 5.95 Å². The van der Waals surface area contributed by atoms with Gasteiger partial charge in [-0.05, 0) is 42.8 Å². The van der Waals surface area contributed by atoms with Crippen molar-refractivity contribution < 1.29 is 9.84 Å². The maximum absolute atomic E-state index is 10.3. The van der Waals surface area contributed by atoms with E-state index in [0.717, 1.165) is 22.6 Å². The second-order valence-electron chi connectivity index (χ2n) is 5.93. The van der Waals surface area contributed by atoms with Crippen LogP contribution in [0.3, 0.4) is 0 Å². The van der Waals surface area contributed by atoms with Gasteiger partial charge in [0.15, 0.2) is 0 Å². The number of rotatable bonds is 7. The van der Waals surface area contributed by atoms with E-state index in [0.29, 0.717) is 18.3 Å². The number of aryl methyl sites for hydroxylation is 1. The molecule has 1 aromatic heterocycles. The van der Waals surface area contributed by atoms with Gasteiger partial charge in [0.25, 0.3) is 0 Å². The lowest BCUT2D eigenvalue weighted by Crippen LogP contribution is -2.13. The Morgan fingerprint density at radius 3 is 2.65 bits per heavy atom. The zero-order chi connectivity index (χ0) is 18.4. The van der Waals surface area contributed by atoms with Crippen molar-refractivity contribution in [3.8, 4) is 5.75 Å². The van der Waals surface area contributed by atoms with E-state index in [2.05, 4.69) is 20.6 Å². The minimum atomic E-state index is -0.608. The molecule has 0 saturated heterocycles. The van der Waals surface area contributed by atoms with Crippen LogP contribution in [-0.2, 0) is 0 Å². The number of hydrogen-bond donors (Lipinski definition) is 3. The maximum atomic E-state index is 10.3. The van der Waals surface area contributed by atoms with Gasteiger partial charge in [0.1, 0.15) is 11.6 Å². The van der Waals surface area contributed by atoms with Crippen molar-refractivity contribution in [2.75, 3.05) is 24.3 Å². The third-order valence-electron chi connectivity index (χ3n) is 3.91. The molecule has 1 atom stereocenters. The van der Waals surface area contributed by atoms with E-state index in [1.807, 2.05) is 55.5 Å². The summed E-state index contributed by atoms with van der Waals surface area (Å²) in [6.07, 6.45) is 1.06. The zero-order valence-corrected chi connectivity index (χ0v) is 14.8. The van der Waals surface area contributed by atoms with Gasteiger partial charge in [0, 0.05) is 18.4 Å². The molecular formula is C20H22N4O2. The minimum Gasteiger partial charge on any atom is -0.497 e. The van der Waals surface area contributed by atoms with Crippen molar-refractivity contribution in [1.82, 2.24) is 9.97 Å². The molecule has 1 heterocycles. The van der Waals surface area contributed by atoms with Crippen LogP contribution in [0.5, 0.6) is 5.75 Å². The number of ether oxygens (including phenoxy) is 1. The van der Waals surface area contributed by atoms with E-state index in [1.54, 1.807) is 19.4 Å². The monoisotopic (exact) mass is 350 g/mol. The number of nitrogens with one attached hydrogen (secondary N) is 2. The molecule has 6 nitrogen and oxygen atoms in total. The number of methoxy groups -OCH3 is 1. The number of hydrogen-bond acceptors (Lipinski definition) is 6. The molecule has 0 fully saturated rings. The van der Waals surface area contributed by atoms with E-state index in [4.69, 9.17) is 4.74 Å². The van der Waals surface area contributed by atoms with Crippen molar-refractivity contribution >= 4 is 17.5 Å². The lowest BCUT2D eigenvalue weighted by Gasteiger charge is -2.14. The third-order valence-corrected chi connectivity index (χ3v) is 3.91. The highest BCUT2D eigenvalue weighted by Gasteiger charge is 2.08. The molecule has 0 aliphatic heterocycles. The van der Waals surface area contributed by atoms with Crippen LogP contribution in [0.15, 0.2) is 60.8 Å². The Morgan fingerprint density at radius 1 is 1.12 bits per heavy atom. The molecule has 6 heteroatoms. The van der Waals surface area contributed by atoms with Crippen molar-refractivity contribution in [3.05, 3.63) is 71.9 Å². The second kappa shape index (κ2) is 8.31. The predicted octanol–water partition coefficient (Wildman–Crippen LogP) is 3.68. The Morgan fingerprint density at radius 2 is 1.92 bits per heavy atom. The van der Waals surface area contributed by atoms with Crippen molar-refractivity contribution in [2.45, 2.75) is 13.0 Å². The topological polar surface area (TPSA) is 79.3 Å². The lowest BCUT2D eigenvalue weighted by molar-refractivity contribution is 0.191. The van der Waals surface area contributed by atoms with Gasteiger partial charge in [-0.25, -0.2) is 4.98 Å². The molecule has 2 aromatic carbocycles. The maximum Gasteiger partial charge on any atom is 0.229 e. The van der Waals surface area contributed by atoms with E-state index in [-0.39, 0.29) is 0 Å². The first-order valence-corrected chi connectivity index (χ1v) is 8.36. The Labute approximate surface area is 152 Å². The predicted molar refractivity (Wildman–Crippen MR) is 103 cm³/mol. The summed E-state index contributed by atoms with van der Waals surface area (Å²) in [7, 11) is 1.63. The van der Waals surface area contributed by atoms with Crippen molar-refractivity contribution in [3.63, 3.8) is 0 Å². The van der Waals surface area contributed by atoms with Gasteiger partial charge in [-0.1, -0.05) is 29.8 Å². The summed E-state index contributed by atoms with van der Waals surface area (Å²) in [4.78, 5) is 8.64. The van der Waals surface area contributed by atoms with Crippen LogP contribution in [0.2, 0.25) is 0 Å². The van der Waals surface area contributed by atoms with Crippen LogP contribution in [0.4, 0.5) is 17.5 Å². The SMILES string of the molecule is COc1ccc(Nc2nccc(NCC(O)c3cccc(C)c3)n2)cc1. The molecule has 3 aromatic rings. The van der Waals surface area contributed by atoms with Gasteiger partial charge < -0.3 is 20.5 Å². The quantitative estimate of drug-likeness (QED) is 0.603. The molecule has 0 aliphatic rings. The number of nitrogens with zero attached hydrogens (tertiary/aromatic N) is 2. The third kappa shape index (κ3) is 4.70. The molecule has 3 rings (SSSR count). The molecule has 26 heavy (non-hydrogen) atoms. The number of benzene rings is 2. The van der Waals surface area contributed by atoms with Crippen molar-refractivity contribution in [2.24, 2.45) is 0 Å². The van der Waals surface area contributed by atoms with Crippen LogP contribution in [0, 0.1) is 6.92 Å². The Balaban J connectivity index is 1.61. The summed E-state index contributed by atoms with van der Waals surface area (Å²) in [6, 6.07) is 17.1. The molecule has 0 aliphatic carbocycles. The molecule has 134 valence electrons. The van der Waals surface area contributed by atoms with Gasteiger partial charge >= 0.3 is 0 Å². The average molecular weight is 350 g/mol. The molecular weight excluding hydrogens is 328 g/mol. The fourth-order valence-corrected chi connectivity index (χ4v) is 2.52. The number of aliphatic hydroxyl groups excluding tert-OH is 1. The molecule has 0 bridgehead atoms. The average Bonchev–Trinajstić information content (AvgIpc) is 2.67. The zero-order valence-electron chi connectivity index (χ0n) is 14.8. The van der Waals surface area contributed by atoms with E-state index in [1.165, 1.54) is 0 Å². The largest absolute Gasteiger partial charge is 0.497 e. The summed E-state index contributed by atoms with van der Waals surface area (Å²) in [5, 5.41) is 16.6. The molecule has 0 saturated carbocycles. The fraction of sp³-hybridized carbons (Fsp3) is 0.200. The van der Waals surface area contributed by atoms with Crippen LogP contribution < -0.4 is 15.4 Å². The van der Waals surface area contributed by atoms with Crippen LogP contribution in [0.25, 0.3) is 0 Å². The molecule has 0 amide bonds. The Kier molecular flexibility index (Phi) is 5.66. The highest BCUT2D eigenvalue weighted by molar-refractivity contribution is 5.55. The summed E-state index contributed by atoms with van der Waals surface area (Å²) in [6.45, 7) is 2.37. The number of anilines is 3. The highest BCUT2D eigenvalue weighted by atomic mass is 16.5. The first kappa shape index (κ1) is 17.7. The normalized spacial score (nSPS) is 11.7. The number of aromatic nitrogens is 2. The number of aliphatic hydroxyl groups is 1. The molecule has 1 unspecified atom stereocenters. The van der Waals surface area contributed by atoms with Gasteiger partial charge in [-0.3, -0.25) is 0 Å². The van der Waals surface area contributed by atoms with Gasteiger partial charge in [-0.15, -0.1) is 0 Å². The second-order valence-corrected chi connectivity index (χ2v) is 5.93. The van der Waals surface area contributed by atoms with E-state index < -0.39 is 6.10 Å². The fourth-order valence-electron chi connectivity index (χ4n) is 2.52. The minimum absolute atomic E-state index is 0.364. The summed E-state index contributed by atoms with van der Waals surface area (Å²) >= 11 is 0. The molecule has 0 spiro atoms. The van der Waals surface area contributed by atoms with Crippen LogP contribution in [-0.4, -0.2) is 28.7 Å². The van der Waals surface area contributed by atoms with Gasteiger partial charge in [0.05, 0.1) is 13.2 Å². The smallest absolute Gasteiger partial charge is 0.229 e. The van der Waals surface area contributed by atoms with E-state index in [9.17, 15) is 5.11 Å². The lowest BCUT2D eigenvalue weighted by atomic mass is 10.1. The Hall–Kier alpha value is -3.12. The Bertz CT molecular complexity index is 852. The first-order valence-electron chi connectivity index (χ1n) is 8.36. The molecule has 3 N–H and O–H groups in total. The van der Waals surface area contributed by atoms with Crippen LogP contribution >= 0.6 is 0 Å². The highest BCUT2D eigenvalue weighted by Crippen LogP contribution is 2.19. The summed E-state index contributed by atoms with van der Waals surface area (Å²) in [5.41, 5.74) is 2.86.